The van der Waals surface area contributed by atoms with Gasteiger partial charge in [-0.1, -0.05) is 26.0 Å². The van der Waals surface area contributed by atoms with Gasteiger partial charge in [-0.15, -0.1) is 11.6 Å². The number of rotatable bonds is 4. The molecule has 3 rings (SSSR count). The van der Waals surface area contributed by atoms with E-state index in [9.17, 15) is 4.79 Å². The second-order valence-corrected chi connectivity index (χ2v) is 6.11. The number of hydrogen-bond donors (Lipinski definition) is 0. The largest absolute Gasteiger partial charge is 0.467 e. The SMILES string of the molecule is COC(=O)C(C(C)C)n1ncc2c3ccc(CCl)cc3ncc21. The molecule has 6 heteroatoms. The van der Waals surface area contributed by atoms with Crippen LogP contribution in [-0.2, 0) is 15.4 Å². The molecule has 1 unspecified atom stereocenters. The van der Waals surface area contributed by atoms with Gasteiger partial charge in [0, 0.05) is 16.7 Å². The van der Waals surface area contributed by atoms with Crippen molar-refractivity contribution in [1.29, 1.82) is 0 Å². The Morgan fingerprint density at radius 1 is 1.30 bits per heavy atom. The van der Waals surface area contributed by atoms with Crippen molar-refractivity contribution >= 4 is 39.4 Å². The summed E-state index contributed by atoms with van der Waals surface area (Å²) in [5, 5.41) is 6.39. The first-order valence-electron chi connectivity index (χ1n) is 7.45. The lowest BCUT2D eigenvalue weighted by atomic mass is 10.0. The molecule has 0 aliphatic heterocycles. The van der Waals surface area contributed by atoms with E-state index in [1.807, 2.05) is 32.0 Å². The Morgan fingerprint density at radius 3 is 2.74 bits per heavy atom. The zero-order chi connectivity index (χ0) is 16.6. The van der Waals surface area contributed by atoms with Crippen molar-refractivity contribution in [2.45, 2.75) is 25.8 Å². The maximum atomic E-state index is 12.1. The van der Waals surface area contributed by atoms with E-state index in [0.717, 1.165) is 27.4 Å². The second kappa shape index (κ2) is 6.16. The third-order valence-electron chi connectivity index (χ3n) is 4.00. The fraction of sp³-hybridized carbons (Fsp3) is 0.353. The molecule has 0 amide bonds. The zero-order valence-electron chi connectivity index (χ0n) is 13.3. The smallest absolute Gasteiger partial charge is 0.330 e. The molecule has 0 bridgehead atoms. The number of carbonyl (C=O) groups excluding carboxylic acids is 1. The molecule has 0 aliphatic carbocycles. The molecule has 120 valence electrons. The van der Waals surface area contributed by atoms with Gasteiger partial charge < -0.3 is 4.74 Å². The highest BCUT2D eigenvalue weighted by molar-refractivity contribution is 6.17. The van der Waals surface area contributed by atoms with Gasteiger partial charge in [-0.05, 0) is 17.5 Å². The third kappa shape index (κ3) is 2.65. The van der Waals surface area contributed by atoms with Crippen LogP contribution in [-0.4, -0.2) is 27.8 Å². The zero-order valence-corrected chi connectivity index (χ0v) is 14.0. The van der Waals surface area contributed by atoms with Crippen LogP contribution >= 0.6 is 11.6 Å². The van der Waals surface area contributed by atoms with Crippen LogP contribution in [0, 0.1) is 5.92 Å². The van der Waals surface area contributed by atoms with E-state index in [0.29, 0.717) is 5.88 Å². The summed E-state index contributed by atoms with van der Waals surface area (Å²) in [6, 6.07) is 5.48. The van der Waals surface area contributed by atoms with Gasteiger partial charge in [0.05, 0.1) is 30.5 Å². The molecule has 5 nitrogen and oxygen atoms in total. The molecule has 23 heavy (non-hydrogen) atoms. The van der Waals surface area contributed by atoms with E-state index in [1.54, 1.807) is 17.1 Å². The van der Waals surface area contributed by atoms with Crippen molar-refractivity contribution in [2.75, 3.05) is 7.11 Å². The van der Waals surface area contributed by atoms with Gasteiger partial charge >= 0.3 is 5.97 Å². The standard InChI is InChI=1S/C17H18ClN3O2/c1-10(2)16(17(22)23-3)21-15-9-19-14-6-11(7-18)4-5-12(14)13(15)8-20-21/h4-6,8-10,16H,7H2,1-3H3. The van der Waals surface area contributed by atoms with Crippen LogP contribution < -0.4 is 0 Å². The van der Waals surface area contributed by atoms with E-state index < -0.39 is 6.04 Å². The van der Waals surface area contributed by atoms with Gasteiger partial charge in [0.15, 0.2) is 6.04 Å². The number of nitrogens with zero attached hydrogens (tertiary/aromatic N) is 3. The first kappa shape index (κ1) is 15.7. The summed E-state index contributed by atoms with van der Waals surface area (Å²) < 4.78 is 6.63. The van der Waals surface area contributed by atoms with Gasteiger partial charge in [0.1, 0.15) is 0 Å². The fourth-order valence-corrected chi connectivity index (χ4v) is 3.00. The molecule has 0 N–H and O–H groups in total. The summed E-state index contributed by atoms with van der Waals surface area (Å²) in [6.45, 7) is 3.94. The highest BCUT2D eigenvalue weighted by Gasteiger charge is 2.27. The van der Waals surface area contributed by atoms with Gasteiger partial charge in [0.25, 0.3) is 0 Å². The summed E-state index contributed by atoms with van der Waals surface area (Å²) in [4.78, 5) is 16.6. The summed E-state index contributed by atoms with van der Waals surface area (Å²) in [5.74, 6) is 0.203. The normalized spacial score (nSPS) is 12.9. The van der Waals surface area contributed by atoms with Gasteiger partial charge in [-0.2, -0.15) is 5.10 Å². The number of pyridine rings is 1. The summed E-state index contributed by atoms with van der Waals surface area (Å²) >= 11 is 5.88. The van der Waals surface area contributed by atoms with Gasteiger partial charge in [0.2, 0.25) is 0 Å². The lowest BCUT2D eigenvalue weighted by Gasteiger charge is -2.19. The van der Waals surface area contributed by atoms with E-state index in [-0.39, 0.29) is 11.9 Å². The van der Waals surface area contributed by atoms with Gasteiger partial charge in [-0.3, -0.25) is 4.98 Å². The lowest BCUT2D eigenvalue weighted by Crippen LogP contribution is -2.26. The van der Waals surface area contributed by atoms with Crippen molar-refractivity contribution in [3.05, 3.63) is 36.2 Å². The minimum atomic E-state index is -0.473. The highest BCUT2D eigenvalue weighted by atomic mass is 35.5. The number of benzene rings is 1. The molecule has 1 aromatic carbocycles. The maximum Gasteiger partial charge on any atom is 0.330 e. The Bertz CT molecular complexity index is 873. The predicted octanol–water partition coefficient (Wildman–Crippen LogP) is 3.69. The number of methoxy groups -OCH3 is 1. The van der Waals surface area contributed by atoms with E-state index in [2.05, 4.69) is 10.1 Å². The average molecular weight is 332 g/mol. The quantitative estimate of drug-likeness (QED) is 0.540. The Kier molecular flexibility index (Phi) is 4.22. The van der Waals surface area contributed by atoms with Crippen molar-refractivity contribution in [3.63, 3.8) is 0 Å². The van der Waals surface area contributed by atoms with Crippen LogP contribution in [0.4, 0.5) is 0 Å². The molecular formula is C17H18ClN3O2. The highest BCUT2D eigenvalue weighted by Crippen LogP contribution is 2.29. The molecule has 3 aromatic rings. The second-order valence-electron chi connectivity index (χ2n) is 5.84. The predicted molar refractivity (Wildman–Crippen MR) is 90.5 cm³/mol. The number of alkyl halides is 1. The lowest BCUT2D eigenvalue weighted by molar-refractivity contribution is -0.146. The molecule has 0 saturated carbocycles. The molecular weight excluding hydrogens is 314 g/mol. The summed E-state index contributed by atoms with van der Waals surface area (Å²) in [5.41, 5.74) is 2.71. The fourth-order valence-electron chi connectivity index (χ4n) is 2.83. The summed E-state index contributed by atoms with van der Waals surface area (Å²) in [7, 11) is 1.39. The van der Waals surface area contributed by atoms with Crippen LogP contribution in [0.5, 0.6) is 0 Å². The number of esters is 1. The minimum Gasteiger partial charge on any atom is -0.467 e. The number of aromatic nitrogens is 3. The Hall–Kier alpha value is -2.14. The van der Waals surface area contributed by atoms with Gasteiger partial charge in [-0.25, -0.2) is 9.48 Å². The first-order chi connectivity index (χ1) is 11.1. The average Bonchev–Trinajstić information content (AvgIpc) is 2.98. The maximum absolute atomic E-state index is 12.1. The number of carbonyl (C=O) groups is 1. The molecule has 2 aromatic heterocycles. The Morgan fingerprint density at radius 2 is 2.09 bits per heavy atom. The Labute approximate surface area is 139 Å². The molecule has 0 fully saturated rings. The van der Waals surface area contributed by atoms with Crippen molar-refractivity contribution < 1.29 is 9.53 Å². The van der Waals surface area contributed by atoms with Crippen LogP contribution in [0.25, 0.3) is 21.8 Å². The molecule has 2 heterocycles. The molecule has 0 spiro atoms. The minimum absolute atomic E-state index is 0.0554. The molecule has 0 radical (unpaired) electrons. The number of ether oxygens (including phenoxy) is 1. The first-order valence-corrected chi connectivity index (χ1v) is 7.99. The van der Waals surface area contributed by atoms with Crippen LogP contribution in [0.2, 0.25) is 0 Å². The van der Waals surface area contributed by atoms with E-state index in [1.165, 1.54) is 7.11 Å². The molecule has 0 aliphatic rings. The molecule has 0 saturated heterocycles. The Balaban J connectivity index is 2.21. The van der Waals surface area contributed by atoms with Crippen LogP contribution in [0.3, 0.4) is 0 Å². The topological polar surface area (TPSA) is 57.0 Å². The number of halogens is 1. The van der Waals surface area contributed by atoms with Crippen molar-refractivity contribution in [2.24, 2.45) is 5.92 Å². The molecule has 1 atom stereocenters. The number of fused-ring (bicyclic) bond motifs is 3. The van der Waals surface area contributed by atoms with Crippen LogP contribution in [0.1, 0.15) is 25.5 Å². The third-order valence-corrected chi connectivity index (χ3v) is 4.31. The van der Waals surface area contributed by atoms with Crippen molar-refractivity contribution in [1.82, 2.24) is 14.8 Å². The van der Waals surface area contributed by atoms with Crippen molar-refractivity contribution in [3.8, 4) is 0 Å². The monoisotopic (exact) mass is 331 g/mol. The number of hydrogen-bond acceptors (Lipinski definition) is 4. The summed E-state index contributed by atoms with van der Waals surface area (Å²) in [6.07, 6.45) is 3.53. The van der Waals surface area contributed by atoms with E-state index >= 15 is 0 Å². The van der Waals surface area contributed by atoms with Crippen LogP contribution in [0.15, 0.2) is 30.6 Å². The van der Waals surface area contributed by atoms with E-state index in [4.69, 9.17) is 16.3 Å².